The smallest absolute Gasteiger partial charge is 0.166 e. The predicted octanol–water partition coefficient (Wildman–Crippen LogP) is 4.50. The zero-order valence-corrected chi connectivity index (χ0v) is 9.61. The lowest BCUT2D eigenvalue weighted by Crippen LogP contribution is -2.04. The summed E-state index contributed by atoms with van der Waals surface area (Å²) in [4.78, 5) is 0. The molecule has 0 unspecified atom stereocenters. The van der Waals surface area contributed by atoms with E-state index in [2.05, 4.69) is 0 Å². The Bertz CT molecular complexity index is 483. The van der Waals surface area contributed by atoms with Crippen molar-refractivity contribution in [2.75, 3.05) is 0 Å². The van der Waals surface area contributed by atoms with Crippen LogP contribution in [0.15, 0.2) is 54.6 Å². The lowest BCUT2D eigenvalue weighted by atomic mass is 10.0. The molecule has 3 heteroatoms. The summed E-state index contributed by atoms with van der Waals surface area (Å²) >= 11 is 0. The van der Waals surface area contributed by atoms with Gasteiger partial charge < -0.3 is 0 Å². The van der Waals surface area contributed by atoms with Crippen LogP contribution in [-0.4, -0.2) is 0 Å². The summed E-state index contributed by atoms with van der Waals surface area (Å²) in [7, 11) is 0. The quantitative estimate of drug-likeness (QED) is 0.751. The van der Waals surface area contributed by atoms with Crippen LogP contribution in [0, 0.1) is 6.42 Å². The van der Waals surface area contributed by atoms with Crippen molar-refractivity contribution in [3.8, 4) is 0 Å². The van der Waals surface area contributed by atoms with E-state index in [1.165, 1.54) is 12.1 Å². The Morgan fingerprint density at radius 2 is 1.44 bits per heavy atom. The summed E-state index contributed by atoms with van der Waals surface area (Å²) in [5.74, 6) is 0. The molecule has 18 heavy (non-hydrogen) atoms. The Hall–Kier alpha value is -1.77. The number of rotatable bonds is 3. The number of alkyl halides is 3. The fraction of sp³-hybridized carbons (Fsp3) is 0.133. The van der Waals surface area contributed by atoms with Crippen molar-refractivity contribution in [3.05, 3.63) is 77.7 Å². The van der Waals surface area contributed by atoms with Crippen molar-refractivity contribution in [2.24, 2.45) is 0 Å². The van der Waals surface area contributed by atoms with Crippen LogP contribution in [0.25, 0.3) is 0 Å². The second-order valence-electron chi connectivity index (χ2n) is 4.01. The maximum atomic E-state index is 12.4. The van der Waals surface area contributed by atoms with Gasteiger partial charge in [-0.05, 0) is 36.1 Å². The Kier molecular flexibility index (Phi) is 3.70. The van der Waals surface area contributed by atoms with Crippen LogP contribution in [0.1, 0.15) is 16.7 Å². The molecule has 2 rings (SSSR count). The molecule has 0 aromatic heterocycles. The third-order valence-electron chi connectivity index (χ3n) is 2.65. The van der Waals surface area contributed by atoms with E-state index in [9.17, 15) is 13.2 Å². The van der Waals surface area contributed by atoms with Crippen LogP contribution < -0.4 is 0 Å². The largest absolute Gasteiger partial charge is 0.416 e. The first-order chi connectivity index (χ1) is 8.55. The molecule has 93 valence electrons. The maximum absolute atomic E-state index is 12.4. The molecule has 0 bridgehead atoms. The molecule has 1 radical (unpaired) electrons. The van der Waals surface area contributed by atoms with Crippen LogP contribution in [0.2, 0.25) is 0 Å². The summed E-state index contributed by atoms with van der Waals surface area (Å²) in [6.07, 6.45) is -1.64. The summed E-state index contributed by atoms with van der Waals surface area (Å²) in [5, 5.41) is 0. The van der Waals surface area contributed by atoms with Gasteiger partial charge in [0.2, 0.25) is 0 Å². The zero-order chi connectivity index (χ0) is 13.0. The Balaban J connectivity index is 1.99. The van der Waals surface area contributed by atoms with Crippen LogP contribution in [0.4, 0.5) is 13.2 Å². The van der Waals surface area contributed by atoms with Gasteiger partial charge >= 0.3 is 6.18 Å². The van der Waals surface area contributed by atoms with E-state index in [-0.39, 0.29) is 0 Å². The average molecular weight is 249 g/mol. The van der Waals surface area contributed by atoms with E-state index in [1.54, 1.807) is 0 Å². The Labute approximate surface area is 104 Å². The Morgan fingerprint density at radius 1 is 0.833 bits per heavy atom. The molecule has 0 aliphatic carbocycles. The first-order valence-corrected chi connectivity index (χ1v) is 5.60. The highest BCUT2D eigenvalue weighted by Gasteiger charge is 2.29. The number of halogens is 3. The summed E-state index contributed by atoms with van der Waals surface area (Å²) < 4.78 is 37.1. The number of hydrogen-bond donors (Lipinski definition) is 0. The molecule has 0 saturated heterocycles. The average Bonchev–Trinajstić information content (AvgIpc) is 2.37. The summed E-state index contributed by atoms with van der Waals surface area (Å²) in [6, 6.07) is 15.0. The summed E-state index contributed by atoms with van der Waals surface area (Å²) in [5.41, 5.74) is 1.32. The fourth-order valence-corrected chi connectivity index (χ4v) is 1.66. The molecular weight excluding hydrogens is 237 g/mol. The molecule has 0 nitrogen and oxygen atoms in total. The van der Waals surface area contributed by atoms with Crippen LogP contribution >= 0.6 is 0 Å². The van der Waals surface area contributed by atoms with Crippen molar-refractivity contribution < 1.29 is 13.2 Å². The first kappa shape index (κ1) is 12.7. The monoisotopic (exact) mass is 249 g/mol. The molecule has 0 spiro atoms. The second kappa shape index (κ2) is 5.25. The van der Waals surface area contributed by atoms with Gasteiger partial charge in [0, 0.05) is 0 Å². The highest BCUT2D eigenvalue weighted by Crippen LogP contribution is 2.29. The van der Waals surface area contributed by atoms with Gasteiger partial charge in [-0.3, -0.25) is 0 Å². The van der Waals surface area contributed by atoms with Gasteiger partial charge in [-0.25, -0.2) is 0 Å². The van der Waals surface area contributed by atoms with Gasteiger partial charge in [-0.2, -0.15) is 13.2 Å². The van der Waals surface area contributed by atoms with Gasteiger partial charge in [-0.1, -0.05) is 42.5 Å². The molecule has 0 fully saturated rings. The van der Waals surface area contributed by atoms with E-state index in [0.717, 1.165) is 23.3 Å². The minimum absolute atomic E-state index is 0.612. The third-order valence-corrected chi connectivity index (χ3v) is 2.65. The van der Waals surface area contributed by atoms with E-state index in [1.807, 2.05) is 36.8 Å². The van der Waals surface area contributed by atoms with E-state index >= 15 is 0 Å². The maximum Gasteiger partial charge on any atom is 0.416 e. The summed E-state index contributed by atoms with van der Waals surface area (Å²) in [6.45, 7) is 0. The van der Waals surface area contributed by atoms with Crippen LogP contribution in [-0.2, 0) is 12.6 Å². The zero-order valence-electron chi connectivity index (χ0n) is 9.61. The van der Waals surface area contributed by atoms with Crippen LogP contribution in [0.5, 0.6) is 0 Å². The number of benzene rings is 2. The molecule has 2 aromatic rings. The van der Waals surface area contributed by atoms with Crippen LogP contribution in [0.3, 0.4) is 0 Å². The minimum atomic E-state index is -4.27. The topological polar surface area (TPSA) is 0 Å². The van der Waals surface area contributed by atoms with Gasteiger partial charge in [0.25, 0.3) is 0 Å². The first-order valence-electron chi connectivity index (χ1n) is 5.60. The lowest BCUT2D eigenvalue weighted by molar-refractivity contribution is -0.137. The van der Waals surface area contributed by atoms with Crippen molar-refractivity contribution in [1.29, 1.82) is 0 Å². The van der Waals surface area contributed by atoms with Crippen molar-refractivity contribution in [3.63, 3.8) is 0 Å². The molecule has 0 amide bonds. The van der Waals surface area contributed by atoms with E-state index in [0.29, 0.717) is 6.42 Å². The van der Waals surface area contributed by atoms with Crippen molar-refractivity contribution in [1.82, 2.24) is 0 Å². The molecule has 2 aromatic carbocycles. The highest BCUT2D eigenvalue weighted by molar-refractivity contribution is 5.31. The number of hydrogen-bond acceptors (Lipinski definition) is 0. The molecule has 0 aliphatic rings. The lowest BCUT2D eigenvalue weighted by Gasteiger charge is -2.07. The van der Waals surface area contributed by atoms with E-state index in [4.69, 9.17) is 0 Å². The molecule has 0 N–H and O–H groups in total. The molecule has 0 saturated carbocycles. The predicted molar refractivity (Wildman–Crippen MR) is 65.0 cm³/mol. The van der Waals surface area contributed by atoms with Gasteiger partial charge in [-0.15, -0.1) is 0 Å². The fourth-order valence-electron chi connectivity index (χ4n) is 1.66. The molecule has 0 heterocycles. The SMILES string of the molecule is FC(F)(F)c1ccc([CH]Cc2ccccc2)cc1. The van der Waals surface area contributed by atoms with Crippen molar-refractivity contribution >= 4 is 0 Å². The molecule has 0 aliphatic heterocycles. The molecule has 0 atom stereocenters. The Morgan fingerprint density at radius 3 is 2.00 bits per heavy atom. The second-order valence-corrected chi connectivity index (χ2v) is 4.01. The van der Waals surface area contributed by atoms with Gasteiger partial charge in [0.05, 0.1) is 5.56 Å². The molecular formula is C15H12F3. The van der Waals surface area contributed by atoms with E-state index < -0.39 is 11.7 Å². The third kappa shape index (κ3) is 3.36. The van der Waals surface area contributed by atoms with Crippen molar-refractivity contribution in [2.45, 2.75) is 12.6 Å². The minimum Gasteiger partial charge on any atom is -0.166 e. The highest BCUT2D eigenvalue weighted by atomic mass is 19.4. The van der Waals surface area contributed by atoms with Gasteiger partial charge in [0.1, 0.15) is 0 Å². The van der Waals surface area contributed by atoms with Gasteiger partial charge in [0.15, 0.2) is 0 Å². The normalized spacial score (nSPS) is 11.5. The standard InChI is InChI=1S/C15H12F3/c16-15(17,18)14-10-8-13(9-11-14)7-6-12-4-2-1-3-5-12/h1-5,7-11H,6H2.